The number of aromatic hydroxyl groups is 1. The van der Waals surface area contributed by atoms with Crippen molar-refractivity contribution in [1.82, 2.24) is 14.4 Å². The Morgan fingerprint density at radius 1 is 1.20 bits per heavy atom. The first-order valence-corrected chi connectivity index (χ1v) is 9.22. The lowest BCUT2D eigenvalue weighted by Gasteiger charge is -2.40. The molecule has 7 nitrogen and oxygen atoms in total. The number of carbonyl (C=O) groups is 1. The smallest absolute Gasteiger partial charge is 0.254 e. The van der Waals surface area contributed by atoms with Gasteiger partial charge in [-0.05, 0) is 44.8 Å². The fourth-order valence-electron chi connectivity index (χ4n) is 3.91. The van der Waals surface area contributed by atoms with Crippen LogP contribution in [0.1, 0.15) is 32.1 Å². The Balaban J connectivity index is 1.52. The van der Waals surface area contributed by atoms with Crippen LogP contribution in [0.15, 0.2) is 23.1 Å². The molecule has 0 spiro atoms. The number of pyridine rings is 1. The third-order valence-electron chi connectivity index (χ3n) is 5.37. The van der Waals surface area contributed by atoms with Gasteiger partial charge in [-0.2, -0.15) is 0 Å². The largest absolute Gasteiger partial charge is 0.508 e. The minimum atomic E-state index is -0.742. The summed E-state index contributed by atoms with van der Waals surface area (Å²) in [6, 6.07) is 2.39. The summed E-state index contributed by atoms with van der Waals surface area (Å²) in [5, 5.41) is 9.29. The number of nitrogens with two attached hydrogens (primary N) is 1. The molecule has 1 unspecified atom stereocenters. The molecule has 3 rings (SSSR count). The fraction of sp³-hybridized carbons (Fsp3) is 0.667. The van der Waals surface area contributed by atoms with Gasteiger partial charge in [0.1, 0.15) is 11.8 Å². The van der Waals surface area contributed by atoms with Gasteiger partial charge in [0.25, 0.3) is 5.56 Å². The molecule has 3 heterocycles. The summed E-state index contributed by atoms with van der Waals surface area (Å²) in [5.74, 6) is -0.182. The van der Waals surface area contributed by atoms with Crippen LogP contribution in [-0.4, -0.2) is 63.6 Å². The van der Waals surface area contributed by atoms with Crippen LogP contribution in [0, 0.1) is 0 Å². The van der Waals surface area contributed by atoms with Gasteiger partial charge < -0.3 is 25.2 Å². The summed E-state index contributed by atoms with van der Waals surface area (Å²) in [4.78, 5) is 28.8. The molecule has 2 aliphatic rings. The molecule has 0 saturated carbocycles. The zero-order valence-corrected chi connectivity index (χ0v) is 14.6. The van der Waals surface area contributed by atoms with E-state index >= 15 is 0 Å². The second kappa shape index (κ2) is 8.01. The lowest BCUT2D eigenvalue weighted by molar-refractivity contribution is -0.134. The molecule has 25 heavy (non-hydrogen) atoms. The Morgan fingerprint density at radius 3 is 2.52 bits per heavy atom. The SMILES string of the molecule is NC(Cn1ccc(O)cc1=O)C(=O)N1CCC(N2CCCCC2)CC1. The molecule has 2 aliphatic heterocycles. The molecule has 1 atom stereocenters. The molecule has 0 aliphatic carbocycles. The first-order valence-electron chi connectivity index (χ1n) is 9.22. The van der Waals surface area contributed by atoms with Crippen LogP contribution >= 0.6 is 0 Å². The highest BCUT2D eigenvalue weighted by Crippen LogP contribution is 2.21. The monoisotopic (exact) mass is 348 g/mol. The predicted molar refractivity (Wildman–Crippen MR) is 95.4 cm³/mol. The van der Waals surface area contributed by atoms with Crippen molar-refractivity contribution in [3.05, 3.63) is 28.7 Å². The standard InChI is InChI=1S/C18H28N4O3/c19-16(13-22-11-6-15(23)12-17(22)24)18(25)21-9-4-14(5-10-21)20-7-2-1-3-8-20/h6,11-12,14,16,23H,1-5,7-10,13,19H2. The average Bonchev–Trinajstić information content (AvgIpc) is 2.64. The Morgan fingerprint density at radius 2 is 1.88 bits per heavy atom. The van der Waals surface area contributed by atoms with E-state index in [4.69, 9.17) is 5.73 Å². The number of hydrogen-bond donors (Lipinski definition) is 2. The number of likely N-dealkylation sites (tertiary alicyclic amines) is 2. The molecular formula is C18H28N4O3. The van der Waals surface area contributed by atoms with Gasteiger partial charge in [0.2, 0.25) is 5.91 Å². The van der Waals surface area contributed by atoms with Crippen LogP contribution in [0.4, 0.5) is 0 Å². The second-order valence-corrected chi connectivity index (χ2v) is 7.14. The Kier molecular flexibility index (Phi) is 5.75. The average molecular weight is 348 g/mol. The zero-order chi connectivity index (χ0) is 17.8. The lowest BCUT2D eigenvalue weighted by Crippen LogP contribution is -2.52. The van der Waals surface area contributed by atoms with E-state index in [1.807, 2.05) is 4.90 Å². The van der Waals surface area contributed by atoms with Crippen molar-refractivity contribution in [3.63, 3.8) is 0 Å². The van der Waals surface area contributed by atoms with Gasteiger partial charge in [0.05, 0.1) is 0 Å². The van der Waals surface area contributed by atoms with Crippen molar-refractivity contribution >= 4 is 5.91 Å². The van der Waals surface area contributed by atoms with Crippen LogP contribution in [0.5, 0.6) is 5.75 Å². The molecule has 1 aromatic heterocycles. The van der Waals surface area contributed by atoms with E-state index in [0.29, 0.717) is 6.04 Å². The van der Waals surface area contributed by atoms with Crippen LogP contribution in [0.2, 0.25) is 0 Å². The first-order chi connectivity index (χ1) is 12.0. The third kappa shape index (κ3) is 4.41. The molecule has 138 valence electrons. The van der Waals surface area contributed by atoms with Crippen LogP contribution in [-0.2, 0) is 11.3 Å². The van der Waals surface area contributed by atoms with E-state index < -0.39 is 6.04 Å². The lowest BCUT2D eigenvalue weighted by atomic mass is 9.99. The summed E-state index contributed by atoms with van der Waals surface area (Å²) in [5.41, 5.74) is 5.69. The molecule has 3 N–H and O–H groups in total. The van der Waals surface area contributed by atoms with Gasteiger partial charge in [-0.25, -0.2) is 0 Å². The third-order valence-corrected chi connectivity index (χ3v) is 5.37. The van der Waals surface area contributed by atoms with Gasteiger partial charge in [0.15, 0.2) is 0 Å². The van der Waals surface area contributed by atoms with Crippen LogP contribution < -0.4 is 11.3 Å². The van der Waals surface area contributed by atoms with E-state index in [-0.39, 0.29) is 23.8 Å². The molecule has 2 fully saturated rings. The van der Waals surface area contributed by atoms with Crippen molar-refractivity contribution in [2.45, 2.75) is 50.7 Å². The van der Waals surface area contributed by atoms with Gasteiger partial charge in [-0.3, -0.25) is 9.59 Å². The van der Waals surface area contributed by atoms with Gasteiger partial charge in [-0.1, -0.05) is 6.42 Å². The maximum atomic E-state index is 12.6. The van der Waals surface area contributed by atoms with Crippen molar-refractivity contribution in [2.24, 2.45) is 5.73 Å². The summed E-state index contributed by atoms with van der Waals surface area (Å²) in [6.07, 6.45) is 7.36. The highest BCUT2D eigenvalue weighted by molar-refractivity contribution is 5.81. The zero-order valence-electron chi connectivity index (χ0n) is 14.6. The number of piperidine rings is 2. The van der Waals surface area contributed by atoms with Gasteiger partial charge in [0, 0.05) is 37.9 Å². The second-order valence-electron chi connectivity index (χ2n) is 7.14. The van der Waals surface area contributed by atoms with Gasteiger partial charge in [-0.15, -0.1) is 0 Å². The number of carbonyl (C=O) groups excluding carboxylic acids is 1. The summed E-state index contributed by atoms with van der Waals surface area (Å²) < 4.78 is 1.36. The maximum absolute atomic E-state index is 12.6. The molecule has 0 aromatic carbocycles. The first kappa shape index (κ1) is 17.9. The number of nitrogens with zero attached hydrogens (tertiary/aromatic N) is 3. The number of rotatable bonds is 4. The fourth-order valence-corrected chi connectivity index (χ4v) is 3.91. The molecule has 7 heteroatoms. The summed E-state index contributed by atoms with van der Waals surface area (Å²) >= 11 is 0. The molecule has 0 radical (unpaired) electrons. The number of amides is 1. The highest BCUT2D eigenvalue weighted by atomic mass is 16.3. The van der Waals surface area contributed by atoms with E-state index in [1.165, 1.54) is 49.2 Å². The van der Waals surface area contributed by atoms with Crippen LogP contribution in [0.3, 0.4) is 0 Å². The quantitative estimate of drug-likeness (QED) is 0.820. The maximum Gasteiger partial charge on any atom is 0.254 e. The summed E-state index contributed by atoms with van der Waals surface area (Å²) in [6.45, 7) is 3.96. The van der Waals surface area contributed by atoms with E-state index in [9.17, 15) is 14.7 Å². The Hall–Kier alpha value is -1.86. The Bertz CT molecular complexity index is 646. The summed E-state index contributed by atoms with van der Waals surface area (Å²) in [7, 11) is 0. The number of aromatic nitrogens is 1. The number of hydrogen-bond acceptors (Lipinski definition) is 5. The molecular weight excluding hydrogens is 320 g/mol. The van der Waals surface area contributed by atoms with E-state index in [2.05, 4.69) is 4.90 Å². The normalized spacial score (nSPS) is 21.2. The molecule has 1 aromatic rings. The highest BCUT2D eigenvalue weighted by Gasteiger charge is 2.29. The molecule has 1 amide bonds. The predicted octanol–water partition coefficient (Wildman–Crippen LogP) is 0.358. The Labute approximate surface area is 148 Å². The van der Waals surface area contributed by atoms with Crippen molar-refractivity contribution in [1.29, 1.82) is 0 Å². The topological polar surface area (TPSA) is 91.8 Å². The van der Waals surface area contributed by atoms with E-state index in [1.54, 1.807) is 0 Å². The minimum absolute atomic E-state index is 0.0825. The van der Waals surface area contributed by atoms with Crippen LogP contribution in [0.25, 0.3) is 0 Å². The van der Waals surface area contributed by atoms with Crippen molar-refractivity contribution in [2.75, 3.05) is 26.2 Å². The minimum Gasteiger partial charge on any atom is -0.508 e. The van der Waals surface area contributed by atoms with E-state index in [0.717, 1.165) is 32.0 Å². The molecule has 0 bridgehead atoms. The molecule has 2 saturated heterocycles. The van der Waals surface area contributed by atoms with Crippen molar-refractivity contribution < 1.29 is 9.90 Å². The van der Waals surface area contributed by atoms with Crippen molar-refractivity contribution in [3.8, 4) is 5.75 Å². The van der Waals surface area contributed by atoms with Gasteiger partial charge >= 0.3 is 0 Å².